The summed E-state index contributed by atoms with van der Waals surface area (Å²) in [5.41, 5.74) is 1.87. The zero-order valence-electron chi connectivity index (χ0n) is 13.9. The zero-order valence-corrected chi connectivity index (χ0v) is 15.4. The van der Waals surface area contributed by atoms with Crippen LogP contribution in [0.1, 0.15) is 38.7 Å². The van der Waals surface area contributed by atoms with Crippen LogP contribution in [0.4, 0.5) is 5.69 Å². The summed E-state index contributed by atoms with van der Waals surface area (Å²) in [6, 6.07) is 5.79. The smallest absolute Gasteiger partial charge is 0.224 e. The minimum absolute atomic E-state index is 0.0468. The molecule has 5 heteroatoms. The predicted octanol–water partition coefficient (Wildman–Crippen LogP) is 3.76. The van der Waals surface area contributed by atoms with E-state index in [0.717, 1.165) is 35.1 Å². The second-order valence-corrected chi connectivity index (χ2v) is 6.44. The van der Waals surface area contributed by atoms with Crippen molar-refractivity contribution in [2.24, 2.45) is 0 Å². The van der Waals surface area contributed by atoms with Crippen LogP contribution in [-0.4, -0.2) is 36.9 Å². The van der Waals surface area contributed by atoms with E-state index in [1.165, 1.54) is 6.92 Å². The normalized spacial score (nSPS) is 10.4. The molecule has 0 aliphatic carbocycles. The highest BCUT2D eigenvalue weighted by Crippen LogP contribution is 2.24. The number of benzene rings is 1. The second kappa shape index (κ2) is 8.93. The van der Waals surface area contributed by atoms with Gasteiger partial charge in [0.1, 0.15) is 0 Å². The summed E-state index contributed by atoms with van der Waals surface area (Å²) in [6.45, 7) is 6.78. The third-order valence-corrected chi connectivity index (χ3v) is 4.15. The first-order chi connectivity index (χ1) is 10.4. The minimum Gasteiger partial charge on any atom is -0.346 e. The summed E-state index contributed by atoms with van der Waals surface area (Å²) in [5.74, 6) is 0.0314. The van der Waals surface area contributed by atoms with Crippen LogP contribution in [0.3, 0.4) is 0 Å². The standard InChI is InChI=1S/C17H25BrN2O2/c1-5-6-10-19(4)17(22)9-11-20(14(3)21)16-8-7-15(18)12-13(16)2/h7-8,12H,5-6,9-11H2,1-4H3. The molecule has 0 heterocycles. The Morgan fingerprint density at radius 3 is 2.45 bits per heavy atom. The highest BCUT2D eigenvalue weighted by Gasteiger charge is 2.17. The lowest BCUT2D eigenvalue weighted by Gasteiger charge is -2.24. The molecule has 22 heavy (non-hydrogen) atoms. The summed E-state index contributed by atoms with van der Waals surface area (Å²) < 4.78 is 0.979. The molecule has 0 fully saturated rings. The molecule has 0 spiro atoms. The van der Waals surface area contributed by atoms with Gasteiger partial charge in [0.25, 0.3) is 0 Å². The third-order valence-electron chi connectivity index (χ3n) is 3.65. The van der Waals surface area contributed by atoms with Crippen LogP contribution >= 0.6 is 15.9 Å². The van der Waals surface area contributed by atoms with Gasteiger partial charge in [-0.3, -0.25) is 9.59 Å². The quantitative estimate of drug-likeness (QED) is 0.734. The van der Waals surface area contributed by atoms with Crippen molar-refractivity contribution in [3.05, 3.63) is 28.2 Å². The van der Waals surface area contributed by atoms with Gasteiger partial charge in [-0.2, -0.15) is 0 Å². The van der Waals surface area contributed by atoms with E-state index in [9.17, 15) is 9.59 Å². The highest BCUT2D eigenvalue weighted by atomic mass is 79.9. The van der Waals surface area contributed by atoms with Crippen molar-refractivity contribution < 1.29 is 9.59 Å². The van der Waals surface area contributed by atoms with Gasteiger partial charge in [-0.15, -0.1) is 0 Å². The summed E-state index contributed by atoms with van der Waals surface area (Å²) in [7, 11) is 1.82. The lowest BCUT2D eigenvalue weighted by molar-refractivity contribution is -0.129. The maximum atomic E-state index is 12.1. The second-order valence-electron chi connectivity index (χ2n) is 5.52. The van der Waals surface area contributed by atoms with Crippen LogP contribution in [0.15, 0.2) is 22.7 Å². The Balaban J connectivity index is 2.73. The molecule has 1 aromatic carbocycles. The summed E-state index contributed by atoms with van der Waals surface area (Å²) >= 11 is 3.42. The van der Waals surface area contributed by atoms with Gasteiger partial charge < -0.3 is 9.80 Å². The number of unbranched alkanes of at least 4 members (excludes halogenated alkanes) is 1. The molecule has 122 valence electrons. The average molecular weight is 369 g/mol. The number of hydrogen-bond donors (Lipinski definition) is 0. The van der Waals surface area contributed by atoms with Crippen molar-refractivity contribution >= 4 is 33.4 Å². The van der Waals surface area contributed by atoms with Gasteiger partial charge in [-0.1, -0.05) is 29.3 Å². The molecule has 2 amide bonds. The number of halogens is 1. The van der Waals surface area contributed by atoms with Crippen molar-refractivity contribution in [2.75, 3.05) is 25.0 Å². The molecule has 0 N–H and O–H groups in total. The van der Waals surface area contributed by atoms with Crippen LogP contribution in [0.2, 0.25) is 0 Å². The van der Waals surface area contributed by atoms with Gasteiger partial charge >= 0.3 is 0 Å². The van der Waals surface area contributed by atoms with Crippen LogP contribution in [0.5, 0.6) is 0 Å². The Labute approximate surface area is 141 Å². The van der Waals surface area contributed by atoms with E-state index in [4.69, 9.17) is 0 Å². The number of hydrogen-bond acceptors (Lipinski definition) is 2. The Morgan fingerprint density at radius 1 is 1.23 bits per heavy atom. The SMILES string of the molecule is CCCCN(C)C(=O)CCN(C(C)=O)c1ccc(Br)cc1C. The number of amides is 2. The number of aryl methyl sites for hydroxylation is 1. The molecule has 0 aliphatic heterocycles. The lowest BCUT2D eigenvalue weighted by atomic mass is 10.1. The van der Waals surface area contributed by atoms with Crippen LogP contribution in [-0.2, 0) is 9.59 Å². The van der Waals surface area contributed by atoms with Crippen molar-refractivity contribution in [1.82, 2.24) is 4.90 Å². The first kappa shape index (κ1) is 18.7. The molecule has 0 saturated heterocycles. The van der Waals surface area contributed by atoms with Crippen LogP contribution in [0.25, 0.3) is 0 Å². The molecular weight excluding hydrogens is 344 g/mol. The van der Waals surface area contributed by atoms with E-state index in [-0.39, 0.29) is 11.8 Å². The molecule has 0 aliphatic rings. The maximum absolute atomic E-state index is 12.1. The van der Waals surface area contributed by atoms with E-state index in [1.807, 2.05) is 32.2 Å². The Morgan fingerprint density at radius 2 is 1.91 bits per heavy atom. The van der Waals surface area contributed by atoms with E-state index < -0.39 is 0 Å². The van der Waals surface area contributed by atoms with E-state index in [2.05, 4.69) is 22.9 Å². The number of rotatable bonds is 7. The van der Waals surface area contributed by atoms with Gasteiger partial charge in [0.2, 0.25) is 11.8 Å². The van der Waals surface area contributed by atoms with Crippen molar-refractivity contribution in [2.45, 2.75) is 40.0 Å². The number of anilines is 1. The largest absolute Gasteiger partial charge is 0.346 e. The Kier molecular flexibility index (Phi) is 7.59. The first-order valence-electron chi connectivity index (χ1n) is 7.65. The van der Waals surface area contributed by atoms with Crippen molar-refractivity contribution in [3.8, 4) is 0 Å². The molecule has 0 radical (unpaired) electrons. The first-order valence-corrected chi connectivity index (χ1v) is 8.44. The Hall–Kier alpha value is -1.36. The molecule has 0 aromatic heterocycles. The lowest BCUT2D eigenvalue weighted by Crippen LogP contribution is -2.35. The average Bonchev–Trinajstić information content (AvgIpc) is 2.46. The van der Waals surface area contributed by atoms with Gasteiger partial charge in [0.05, 0.1) is 0 Å². The summed E-state index contributed by atoms with van der Waals surface area (Å²) in [6.07, 6.45) is 2.41. The topological polar surface area (TPSA) is 40.6 Å². The number of nitrogens with zero attached hydrogens (tertiary/aromatic N) is 2. The van der Waals surface area contributed by atoms with Crippen LogP contribution in [0, 0.1) is 6.92 Å². The molecule has 4 nitrogen and oxygen atoms in total. The molecule has 0 saturated carbocycles. The fraction of sp³-hybridized carbons (Fsp3) is 0.529. The van der Waals surface area contributed by atoms with E-state index in [0.29, 0.717) is 13.0 Å². The van der Waals surface area contributed by atoms with Gasteiger partial charge in [-0.25, -0.2) is 0 Å². The predicted molar refractivity (Wildman–Crippen MR) is 94.1 cm³/mol. The van der Waals surface area contributed by atoms with Crippen molar-refractivity contribution in [1.29, 1.82) is 0 Å². The number of carbonyl (C=O) groups is 2. The molecule has 0 atom stereocenters. The Bertz CT molecular complexity index is 531. The molecular formula is C17H25BrN2O2. The zero-order chi connectivity index (χ0) is 16.7. The fourth-order valence-electron chi connectivity index (χ4n) is 2.29. The van der Waals surface area contributed by atoms with Crippen LogP contribution < -0.4 is 4.90 Å². The number of carbonyl (C=O) groups excluding carboxylic acids is 2. The third kappa shape index (κ3) is 5.44. The summed E-state index contributed by atoms with van der Waals surface area (Å²) in [5, 5.41) is 0. The molecule has 1 rings (SSSR count). The summed E-state index contributed by atoms with van der Waals surface area (Å²) in [4.78, 5) is 27.5. The van der Waals surface area contributed by atoms with Gasteiger partial charge in [0, 0.05) is 43.6 Å². The highest BCUT2D eigenvalue weighted by molar-refractivity contribution is 9.10. The monoisotopic (exact) mass is 368 g/mol. The fourth-order valence-corrected chi connectivity index (χ4v) is 2.76. The van der Waals surface area contributed by atoms with Gasteiger partial charge in [0.15, 0.2) is 0 Å². The molecule has 0 bridgehead atoms. The van der Waals surface area contributed by atoms with E-state index >= 15 is 0 Å². The van der Waals surface area contributed by atoms with Gasteiger partial charge in [-0.05, 0) is 37.1 Å². The van der Waals surface area contributed by atoms with E-state index in [1.54, 1.807) is 9.80 Å². The van der Waals surface area contributed by atoms with Crippen molar-refractivity contribution in [3.63, 3.8) is 0 Å². The molecule has 1 aromatic rings. The minimum atomic E-state index is -0.0468. The maximum Gasteiger partial charge on any atom is 0.224 e. The molecule has 0 unspecified atom stereocenters.